The molecule has 120 valence electrons. The highest BCUT2D eigenvalue weighted by Gasteiger charge is 2.17. The molecule has 0 atom stereocenters. The quantitative estimate of drug-likeness (QED) is 0.624. The Balaban J connectivity index is 2.36. The molecule has 0 spiro atoms. The van der Waals surface area contributed by atoms with Crippen molar-refractivity contribution in [3.63, 3.8) is 0 Å². The van der Waals surface area contributed by atoms with Gasteiger partial charge < -0.3 is 10.1 Å². The van der Waals surface area contributed by atoms with Gasteiger partial charge in [0.1, 0.15) is 5.75 Å². The van der Waals surface area contributed by atoms with Crippen molar-refractivity contribution in [3.05, 3.63) is 29.8 Å². The standard InChI is InChI=1S/C19H33NO/c1-6-14-20-15-13-19(4,5)12-11-17-7-9-18(10-8-17)21-16(2)3/h7-10,16,20H,6,11-15H2,1-5H3. The van der Waals surface area contributed by atoms with Gasteiger partial charge >= 0.3 is 0 Å². The van der Waals surface area contributed by atoms with Crippen molar-refractivity contribution in [1.29, 1.82) is 0 Å². The van der Waals surface area contributed by atoms with Gasteiger partial charge in [0, 0.05) is 0 Å². The van der Waals surface area contributed by atoms with Gasteiger partial charge in [-0.1, -0.05) is 32.9 Å². The molecule has 0 unspecified atom stereocenters. The molecule has 0 saturated heterocycles. The molecular weight excluding hydrogens is 258 g/mol. The monoisotopic (exact) mass is 291 g/mol. The van der Waals surface area contributed by atoms with Crippen LogP contribution in [0.15, 0.2) is 24.3 Å². The maximum absolute atomic E-state index is 5.68. The first kappa shape index (κ1) is 18.0. The Morgan fingerprint density at radius 3 is 2.29 bits per heavy atom. The Bertz CT molecular complexity index is 381. The van der Waals surface area contributed by atoms with Crippen LogP contribution in [0.5, 0.6) is 5.75 Å². The van der Waals surface area contributed by atoms with Gasteiger partial charge in [0.2, 0.25) is 0 Å². The van der Waals surface area contributed by atoms with E-state index < -0.39 is 0 Å². The topological polar surface area (TPSA) is 21.3 Å². The van der Waals surface area contributed by atoms with Crippen LogP contribution in [0.2, 0.25) is 0 Å². The zero-order chi connectivity index (χ0) is 15.7. The van der Waals surface area contributed by atoms with Crippen LogP contribution >= 0.6 is 0 Å². The summed E-state index contributed by atoms with van der Waals surface area (Å²) >= 11 is 0. The second kappa shape index (κ2) is 9.09. The number of hydrogen-bond acceptors (Lipinski definition) is 2. The van der Waals surface area contributed by atoms with Gasteiger partial charge in [-0.2, -0.15) is 0 Å². The van der Waals surface area contributed by atoms with E-state index in [1.165, 1.54) is 24.8 Å². The molecule has 0 amide bonds. The van der Waals surface area contributed by atoms with E-state index in [-0.39, 0.29) is 6.10 Å². The minimum atomic E-state index is 0.241. The Morgan fingerprint density at radius 2 is 1.71 bits per heavy atom. The highest BCUT2D eigenvalue weighted by molar-refractivity contribution is 5.27. The Labute approximate surface area is 131 Å². The SMILES string of the molecule is CCCNCCC(C)(C)CCc1ccc(OC(C)C)cc1. The number of benzene rings is 1. The maximum atomic E-state index is 5.68. The fourth-order valence-corrected chi connectivity index (χ4v) is 2.34. The summed E-state index contributed by atoms with van der Waals surface area (Å²) in [6.07, 6.45) is 5.06. The van der Waals surface area contributed by atoms with Crippen LogP contribution in [-0.2, 0) is 6.42 Å². The zero-order valence-electron chi connectivity index (χ0n) is 14.5. The predicted octanol–water partition coefficient (Wildman–Crippen LogP) is 4.82. The first-order valence-corrected chi connectivity index (χ1v) is 8.39. The van der Waals surface area contributed by atoms with Crippen LogP contribution in [0.1, 0.15) is 59.4 Å². The summed E-state index contributed by atoms with van der Waals surface area (Å²) in [6, 6.07) is 8.57. The third-order valence-electron chi connectivity index (χ3n) is 3.79. The lowest BCUT2D eigenvalue weighted by Crippen LogP contribution is -2.23. The first-order chi connectivity index (χ1) is 9.93. The molecule has 1 N–H and O–H groups in total. The van der Waals surface area contributed by atoms with E-state index in [1.807, 2.05) is 0 Å². The molecule has 21 heavy (non-hydrogen) atoms. The average molecular weight is 291 g/mol. The number of nitrogens with one attached hydrogen (secondary N) is 1. The molecule has 2 nitrogen and oxygen atoms in total. The number of aryl methyl sites for hydroxylation is 1. The Hall–Kier alpha value is -1.02. The summed E-state index contributed by atoms with van der Waals surface area (Å²) in [4.78, 5) is 0. The van der Waals surface area contributed by atoms with E-state index in [0.29, 0.717) is 5.41 Å². The van der Waals surface area contributed by atoms with E-state index in [2.05, 4.69) is 64.2 Å². The molecule has 0 aliphatic rings. The summed E-state index contributed by atoms with van der Waals surface area (Å²) < 4.78 is 5.68. The predicted molar refractivity (Wildman–Crippen MR) is 92.1 cm³/mol. The Morgan fingerprint density at radius 1 is 1.05 bits per heavy atom. The van der Waals surface area contributed by atoms with Gasteiger partial charge in [-0.15, -0.1) is 0 Å². The average Bonchev–Trinajstić information content (AvgIpc) is 2.42. The molecular formula is C19H33NO. The smallest absolute Gasteiger partial charge is 0.119 e. The first-order valence-electron chi connectivity index (χ1n) is 8.39. The molecule has 0 fully saturated rings. The van der Waals surface area contributed by atoms with Crippen LogP contribution < -0.4 is 10.1 Å². The van der Waals surface area contributed by atoms with Crippen LogP contribution in [0.4, 0.5) is 0 Å². The molecule has 2 heteroatoms. The molecule has 0 aliphatic heterocycles. The highest BCUT2D eigenvalue weighted by Crippen LogP contribution is 2.27. The highest BCUT2D eigenvalue weighted by atomic mass is 16.5. The zero-order valence-corrected chi connectivity index (χ0v) is 14.5. The minimum absolute atomic E-state index is 0.241. The van der Waals surface area contributed by atoms with E-state index in [1.54, 1.807) is 0 Å². The second-order valence-electron chi connectivity index (χ2n) is 6.97. The van der Waals surface area contributed by atoms with Gasteiger partial charge in [0.05, 0.1) is 6.10 Å². The molecule has 0 aromatic heterocycles. The second-order valence-corrected chi connectivity index (χ2v) is 6.97. The third kappa shape index (κ3) is 8.11. The van der Waals surface area contributed by atoms with E-state index in [0.717, 1.165) is 25.3 Å². The van der Waals surface area contributed by atoms with E-state index in [9.17, 15) is 0 Å². The van der Waals surface area contributed by atoms with Gasteiger partial charge in [0.15, 0.2) is 0 Å². The van der Waals surface area contributed by atoms with Gasteiger partial charge in [-0.05, 0) is 75.7 Å². The van der Waals surface area contributed by atoms with Crippen LogP contribution in [-0.4, -0.2) is 19.2 Å². The van der Waals surface area contributed by atoms with Gasteiger partial charge in [-0.25, -0.2) is 0 Å². The lowest BCUT2D eigenvalue weighted by Gasteiger charge is -2.25. The van der Waals surface area contributed by atoms with Crippen molar-refractivity contribution < 1.29 is 4.74 Å². The van der Waals surface area contributed by atoms with Crippen molar-refractivity contribution in [3.8, 4) is 5.75 Å². The van der Waals surface area contributed by atoms with E-state index in [4.69, 9.17) is 4.74 Å². The van der Waals surface area contributed by atoms with Crippen LogP contribution in [0.3, 0.4) is 0 Å². The van der Waals surface area contributed by atoms with Crippen LogP contribution in [0, 0.1) is 5.41 Å². The Kier molecular flexibility index (Phi) is 7.81. The van der Waals surface area contributed by atoms with Crippen molar-refractivity contribution >= 4 is 0 Å². The van der Waals surface area contributed by atoms with Crippen molar-refractivity contribution in [2.24, 2.45) is 5.41 Å². The fraction of sp³-hybridized carbons (Fsp3) is 0.684. The third-order valence-corrected chi connectivity index (χ3v) is 3.79. The number of hydrogen-bond donors (Lipinski definition) is 1. The maximum Gasteiger partial charge on any atom is 0.119 e. The largest absolute Gasteiger partial charge is 0.491 e. The molecule has 1 aromatic rings. The molecule has 0 aliphatic carbocycles. The van der Waals surface area contributed by atoms with Crippen LogP contribution in [0.25, 0.3) is 0 Å². The number of rotatable bonds is 10. The number of ether oxygens (including phenoxy) is 1. The summed E-state index contributed by atoms with van der Waals surface area (Å²) in [5.74, 6) is 0.969. The summed E-state index contributed by atoms with van der Waals surface area (Å²) in [7, 11) is 0. The molecule has 0 saturated carbocycles. The summed E-state index contributed by atoms with van der Waals surface area (Å²) in [5.41, 5.74) is 1.80. The van der Waals surface area contributed by atoms with Gasteiger partial charge in [-0.3, -0.25) is 0 Å². The fourth-order valence-electron chi connectivity index (χ4n) is 2.34. The van der Waals surface area contributed by atoms with Gasteiger partial charge in [0.25, 0.3) is 0 Å². The lowest BCUT2D eigenvalue weighted by atomic mass is 9.83. The van der Waals surface area contributed by atoms with E-state index >= 15 is 0 Å². The normalized spacial score (nSPS) is 11.9. The lowest BCUT2D eigenvalue weighted by molar-refractivity contribution is 0.242. The summed E-state index contributed by atoms with van der Waals surface area (Å²) in [6.45, 7) is 13.3. The van der Waals surface area contributed by atoms with Crippen molar-refractivity contribution in [1.82, 2.24) is 5.32 Å². The minimum Gasteiger partial charge on any atom is -0.491 e. The summed E-state index contributed by atoms with van der Waals surface area (Å²) in [5, 5.41) is 3.50. The molecule has 1 rings (SSSR count). The molecule has 0 radical (unpaired) electrons. The molecule has 0 bridgehead atoms. The van der Waals surface area contributed by atoms with Crippen molar-refractivity contribution in [2.75, 3.05) is 13.1 Å². The molecule has 0 heterocycles. The molecule has 1 aromatic carbocycles. The van der Waals surface area contributed by atoms with Crippen molar-refractivity contribution in [2.45, 2.75) is 66.4 Å².